The molecule has 2 heterocycles. The molecule has 4 heteroatoms. The van der Waals surface area contributed by atoms with Crippen molar-refractivity contribution in [2.75, 3.05) is 4.90 Å². The number of aryl methyl sites for hydroxylation is 1. The standard InChI is InChI=1S/C15H17N3O/c1-11(2)18(14-5-4-6-16-10-14)15(19)13-7-12(3)8-17-9-13/h4-11H,1-3H3. The van der Waals surface area contributed by atoms with E-state index in [1.54, 1.807) is 29.7 Å². The molecule has 19 heavy (non-hydrogen) atoms. The molecule has 0 aliphatic heterocycles. The van der Waals surface area contributed by atoms with Crippen LogP contribution in [0.4, 0.5) is 5.69 Å². The Hall–Kier alpha value is -2.23. The van der Waals surface area contributed by atoms with E-state index in [9.17, 15) is 4.79 Å². The molecule has 0 fully saturated rings. The minimum atomic E-state index is -0.0563. The van der Waals surface area contributed by atoms with Crippen LogP contribution in [0, 0.1) is 6.92 Å². The van der Waals surface area contributed by atoms with Gasteiger partial charge in [-0.3, -0.25) is 14.8 Å². The maximum absolute atomic E-state index is 12.6. The van der Waals surface area contributed by atoms with Crippen molar-refractivity contribution in [2.24, 2.45) is 0 Å². The molecule has 0 aliphatic rings. The van der Waals surface area contributed by atoms with Gasteiger partial charge in [0.1, 0.15) is 0 Å². The lowest BCUT2D eigenvalue weighted by Gasteiger charge is -2.26. The van der Waals surface area contributed by atoms with Crippen LogP contribution < -0.4 is 4.90 Å². The molecule has 0 N–H and O–H groups in total. The Labute approximate surface area is 113 Å². The zero-order valence-electron chi connectivity index (χ0n) is 11.4. The number of anilines is 1. The first-order valence-electron chi connectivity index (χ1n) is 6.25. The molecule has 0 atom stereocenters. The highest BCUT2D eigenvalue weighted by Gasteiger charge is 2.21. The Morgan fingerprint density at radius 3 is 2.58 bits per heavy atom. The smallest absolute Gasteiger partial charge is 0.260 e. The average Bonchev–Trinajstić information content (AvgIpc) is 2.39. The van der Waals surface area contributed by atoms with Gasteiger partial charge in [0.15, 0.2) is 0 Å². The number of hydrogen-bond donors (Lipinski definition) is 0. The summed E-state index contributed by atoms with van der Waals surface area (Å²) in [5.41, 5.74) is 2.36. The zero-order valence-corrected chi connectivity index (χ0v) is 11.4. The van der Waals surface area contributed by atoms with Gasteiger partial charge in [0.25, 0.3) is 5.91 Å². The van der Waals surface area contributed by atoms with Crippen molar-refractivity contribution in [1.82, 2.24) is 9.97 Å². The van der Waals surface area contributed by atoms with Crippen LogP contribution in [0.5, 0.6) is 0 Å². The fourth-order valence-electron chi connectivity index (χ4n) is 1.96. The summed E-state index contributed by atoms with van der Waals surface area (Å²) in [6.45, 7) is 5.88. The third-order valence-electron chi connectivity index (χ3n) is 2.78. The van der Waals surface area contributed by atoms with Crippen molar-refractivity contribution in [3.05, 3.63) is 54.1 Å². The molecule has 2 aromatic rings. The number of nitrogens with zero attached hydrogens (tertiary/aromatic N) is 3. The first-order valence-corrected chi connectivity index (χ1v) is 6.25. The molecule has 2 rings (SSSR count). The topological polar surface area (TPSA) is 46.1 Å². The Morgan fingerprint density at radius 1 is 1.21 bits per heavy atom. The number of pyridine rings is 2. The first kappa shape index (κ1) is 13.2. The number of rotatable bonds is 3. The largest absolute Gasteiger partial charge is 0.304 e. The molecule has 4 nitrogen and oxygen atoms in total. The van der Waals surface area contributed by atoms with Gasteiger partial charge in [0.2, 0.25) is 0 Å². The van der Waals surface area contributed by atoms with Crippen molar-refractivity contribution in [3.8, 4) is 0 Å². The Bertz CT molecular complexity index is 567. The van der Waals surface area contributed by atoms with Gasteiger partial charge < -0.3 is 4.90 Å². The van der Waals surface area contributed by atoms with E-state index in [-0.39, 0.29) is 11.9 Å². The highest BCUT2D eigenvalue weighted by atomic mass is 16.2. The molecule has 0 unspecified atom stereocenters. The maximum Gasteiger partial charge on any atom is 0.260 e. The zero-order chi connectivity index (χ0) is 13.8. The van der Waals surface area contributed by atoms with E-state index in [1.165, 1.54) is 0 Å². The third kappa shape index (κ3) is 2.96. The third-order valence-corrected chi connectivity index (χ3v) is 2.78. The first-order chi connectivity index (χ1) is 9.09. The van der Waals surface area contributed by atoms with E-state index in [0.717, 1.165) is 11.3 Å². The van der Waals surface area contributed by atoms with Gasteiger partial charge >= 0.3 is 0 Å². The van der Waals surface area contributed by atoms with E-state index >= 15 is 0 Å². The maximum atomic E-state index is 12.6. The monoisotopic (exact) mass is 255 g/mol. The molecular formula is C15H17N3O. The van der Waals surface area contributed by atoms with Crippen molar-refractivity contribution >= 4 is 11.6 Å². The Balaban J connectivity index is 2.38. The summed E-state index contributed by atoms with van der Waals surface area (Å²) in [5.74, 6) is -0.0563. The highest BCUT2D eigenvalue weighted by Crippen LogP contribution is 2.18. The van der Waals surface area contributed by atoms with Gasteiger partial charge in [-0.2, -0.15) is 0 Å². The number of hydrogen-bond acceptors (Lipinski definition) is 3. The van der Waals surface area contributed by atoms with E-state index in [1.807, 2.05) is 39.0 Å². The summed E-state index contributed by atoms with van der Waals surface area (Å²) in [4.78, 5) is 22.5. The number of carbonyl (C=O) groups excluding carboxylic acids is 1. The summed E-state index contributed by atoms with van der Waals surface area (Å²) in [6.07, 6.45) is 6.73. The molecule has 0 saturated heterocycles. The molecule has 0 bridgehead atoms. The van der Waals surface area contributed by atoms with Gasteiger partial charge in [-0.15, -0.1) is 0 Å². The molecule has 0 aromatic carbocycles. The van der Waals surface area contributed by atoms with Crippen LogP contribution in [0.2, 0.25) is 0 Å². The number of aromatic nitrogens is 2. The van der Waals surface area contributed by atoms with Gasteiger partial charge in [0.05, 0.1) is 17.4 Å². The molecule has 2 aromatic heterocycles. The van der Waals surface area contributed by atoms with Crippen LogP contribution in [0.3, 0.4) is 0 Å². The Morgan fingerprint density at radius 2 is 2.00 bits per heavy atom. The fraction of sp³-hybridized carbons (Fsp3) is 0.267. The average molecular weight is 255 g/mol. The van der Waals surface area contributed by atoms with Crippen molar-refractivity contribution in [3.63, 3.8) is 0 Å². The summed E-state index contributed by atoms with van der Waals surface area (Å²) >= 11 is 0. The lowest BCUT2D eigenvalue weighted by molar-refractivity contribution is 0.0979. The summed E-state index contributed by atoms with van der Waals surface area (Å²) < 4.78 is 0. The predicted molar refractivity (Wildman–Crippen MR) is 75.2 cm³/mol. The lowest BCUT2D eigenvalue weighted by Crippen LogP contribution is -2.37. The predicted octanol–water partition coefficient (Wildman–Crippen LogP) is 2.84. The second-order valence-electron chi connectivity index (χ2n) is 4.73. The van der Waals surface area contributed by atoms with Crippen molar-refractivity contribution in [2.45, 2.75) is 26.8 Å². The van der Waals surface area contributed by atoms with E-state index in [0.29, 0.717) is 5.56 Å². The highest BCUT2D eigenvalue weighted by molar-refractivity contribution is 6.06. The van der Waals surface area contributed by atoms with Gasteiger partial charge in [-0.05, 0) is 44.5 Å². The van der Waals surface area contributed by atoms with Gasteiger partial charge in [-0.1, -0.05) is 0 Å². The molecule has 0 radical (unpaired) electrons. The molecule has 0 aliphatic carbocycles. The summed E-state index contributed by atoms with van der Waals surface area (Å²) in [5, 5.41) is 0. The molecule has 1 amide bonds. The second-order valence-corrected chi connectivity index (χ2v) is 4.73. The Kier molecular flexibility index (Phi) is 3.90. The van der Waals surface area contributed by atoms with E-state index < -0.39 is 0 Å². The normalized spacial score (nSPS) is 10.5. The van der Waals surface area contributed by atoms with Crippen LogP contribution in [0.1, 0.15) is 29.8 Å². The SMILES string of the molecule is Cc1cncc(C(=O)N(c2cccnc2)C(C)C)c1. The quantitative estimate of drug-likeness (QED) is 0.847. The van der Waals surface area contributed by atoms with Crippen LogP contribution in [0.25, 0.3) is 0 Å². The van der Waals surface area contributed by atoms with Gasteiger partial charge in [-0.25, -0.2) is 0 Å². The second kappa shape index (κ2) is 5.61. The number of carbonyl (C=O) groups is 1. The van der Waals surface area contributed by atoms with Crippen molar-refractivity contribution < 1.29 is 4.79 Å². The van der Waals surface area contributed by atoms with E-state index in [4.69, 9.17) is 0 Å². The molecular weight excluding hydrogens is 238 g/mol. The lowest BCUT2D eigenvalue weighted by atomic mass is 10.1. The summed E-state index contributed by atoms with van der Waals surface area (Å²) in [6, 6.07) is 5.61. The van der Waals surface area contributed by atoms with Crippen molar-refractivity contribution in [1.29, 1.82) is 0 Å². The summed E-state index contributed by atoms with van der Waals surface area (Å²) in [7, 11) is 0. The number of amides is 1. The molecule has 0 saturated carbocycles. The van der Waals surface area contributed by atoms with Crippen LogP contribution >= 0.6 is 0 Å². The van der Waals surface area contributed by atoms with Crippen LogP contribution in [-0.2, 0) is 0 Å². The van der Waals surface area contributed by atoms with Gasteiger partial charge in [0, 0.05) is 24.6 Å². The fourth-order valence-corrected chi connectivity index (χ4v) is 1.96. The van der Waals surface area contributed by atoms with E-state index in [2.05, 4.69) is 9.97 Å². The minimum Gasteiger partial charge on any atom is -0.304 e. The molecule has 0 spiro atoms. The minimum absolute atomic E-state index is 0.0530. The van der Waals surface area contributed by atoms with Crippen LogP contribution in [0.15, 0.2) is 43.0 Å². The molecule has 98 valence electrons. The van der Waals surface area contributed by atoms with Crippen LogP contribution in [-0.4, -0.2) is 21.9 Å².